The van der Waals surface area contributed by atoms with Crippen LogP contribution in [0, 0.1) is 13.8 Å². The number of fused-ring (bicyclic) bond motifs is 1. The van der Waals surface area contributed by atoms with Gasteiger partial charge in [-0.25, -0.2) is 18.0 Å². The van der Waals surface area contributed by atoms with E-state index in [1.807, 2.05) is 13.8 Å². The average molecular weight is 506 g/mol. The monoisotopic (exact) mass is 505 g/mol. The molecule has 186 valence electrons. The number of carbonyl (C=O) groups excluding carboxylic acids is 1. The molecule has 4 aromatic rings. The van der Waals surface area contributed by atoms with E-state index >= 15 is 0 Å². The summed E-state index contributed by atoms with van der Waals surface area (Å²) in [6, 6.07) is 18.4. The summed E-state index contributed by atoms with van der Waals surface area (Å²) in [4.78, 5) is 25.5. The molecule has 1 aromatic heterocycles. The Hall–Kier alpha value is -3.75. The first-order valence-electron chi connectivity index (χ1n) is 11.6. The summed E-state index contributed by atoms with van der Waals surface area (Å²) in [7, 11) is -4.03. The molecule has 0 saturated carbocycles. The van der Waals surface area contributed by atoms with E-state index in [0.29, 0.717) is 23.1 Å². The van der Waals surface area contributed by atoms with Gasteiger partial charge in [-0.05, 0) is 55.7 Å². The van der Waals surface area contributed by atoms with E-state index in [2.05, 4.69) is 4.72 Å². The minimum atomic E-state index is -4.03. The molecule has 1 unspecified atom stereocenters. The Morgan fingerprint density at radius 2 is 1.69 bits per heavy atom. The van der Waals surface area contributed by atoms with Crippen LogP contribution in [-0.2, 0) is 21.2 Å². The molecular weight excluding hydrogens is 478 g/mol. The number of rotatable bonds is 8. The molecule has 0 aliphatic carbocycles. The highest BCUT2D eigenvalue weighted by Crippen LogP contribution is 2.30. The maximum absolute atomic E-state index is 13.4. The van der Waals surface area contributed by atoms with E-state index in [4.69, 9.17) is 9.15 Å². The SMILES string of the molecule is CCCc1cc(=O)oc2c(C)c(OC(=O)C(NS(=O)(=O)c3ccc(C)cc3)c3ccccc3)ccc12. The standard InChI is InChI=1S/C28H27NO6S/c1-4-8-21-17-25(30)35-27-19(3)24(16-15-23(21)27)34-28(31)26(20-9-6-5-7-10-20)29-36(32,33)22-13-11-18(2)12-14-22/h5-7,9-17,26,29H,4,8H2,1-3H3. The summed E-state index contributed by atoms with van der Waals surface area (Å²) in [5.41, 5.74) is 2.53. The van der Waals surface area contributed by atoms with Crippen molar-refractivity contribution in [2.24, 2.45) is 0 Å². The predicted molar refractivity (Wildman–Crippen MR) is 138 cm³/mol. The van der Waals surface area contributed by atoms with Gasteiger partial charge in [0.1, 0.15) is 17.4 Å². The Bertz CT molecular complexity index is 1560. The van der Waals surface area contributed by atoms with Gasteiger partial charge < -0.3 is 9.15 Å². The normalized spacial score (nSPS) is 12.4. The molecule has 36 heavy (non-hydrogen) atoms. The fourth-order valence-corrected chi connectivity index (χ4v) is 5.17. The molecule has 1 heterocycles. The highest BCUT2D eigenvalue weighted by molar-refractivity contribution is 7.89. The number of hydrogen-bond acceptors (Lipinski definition) is 6. The Morgan fingerprint density at radius 3 is 2.36 bits per heavy atom. The predicted octanol–water partition coefficient (Wildman–Crippen LogP) is 4.99. The van der Waals surface area contributed by atoms with Gasteiger partial charge in [-0.2, -0.15) is 4.72 Å². The Balaban J connectivity index is 1.70. The van der Waals surface area contributed by atoms with E-state index in [1.54, 1.807) is 61.5 Å². The van der Waals surface area contributed by atoms with Crippen LogP contribution in [-0.4, -0.2) is 14.4 Å². The maximum atomic E-state index is 13.4. The van der Waals surface area contributed by atoms with Crippen molar-refractivity contribution >= 4 is 27.0 Å². The summed E-state index contributed by atoms with van der Waals surface area (Å²) >= 11 is 0. The van der Waals surface area contributed by atoms with E-state index < -0.39 is 27.7 Å². The summed E-state index contributed by atoms with van der Waals surface area (Å²) in [6.45, 7) is 5.57. The molecule has 3 aromatic carbocycles. The van der Waals surface area contributed by atoms with Crippen LogP contribution in [0.4, 0.5) is 0 Å². The topological polar surface area (TPSA) is 103 Å². The third kappa shape index (κ3) is 5.40. The first-order chi connectivity index (χ1) is 17.2. The second-order valence-corrected chi connectivity index (χ2v) is 10.3. The minimum Gasteiger partial charge on any atom is -0.425 e. The Labute approximate surface area is 209 Å². The third-order valence-corrected chi connectivity index (χ3v) is 7.34. The van der Waals surface area contributed by atoms with Gasteiger partial charge in [0.2, 0.25) is 10.0 Å². The summed E-state index contributed by atoms with van der Waals surface area (Å²) in [5, 5.41) is 0.772. The number of ether oxygens (including phenoxy) is 1. The zero-order valence-corrected chi connectivity index (χ0v) is 21.1. The average Bonchev–Trinajstić information content (AvgIpc) is 2.85. The number of carbonyl (C=O) groups is 1. The Kier molecular flexibility index (Phi) is 7.37. The van der Waals surface area contributed by atoms with Crippen molar-refractivity contribution in [3.05, 3.63) is 105 Å². The highest BCUT2D eigenvalue weighted by atomic mass is 32.2. The van der Waals surface area contributed by atoms with Crippen LogP contribution in [0.15, 0.2) is 86.9 Å². The number of hydrogen-bond donors (Lipinski definition) is 1. The van der Waals surface area contributed by atoms with Gasteiger partial charge >= 0.3 is 11.6 Å². The molecule has 0 aliphatic heterocycles. The number of benzene rings is 3. The largest absolute Gasteiger partial charge is 0.425 e. The molecule has 8 heteroatoms. The van der Waals surface area contributed by atoms with Crippen LogP contribution in [0.5, 0.6) is 5.75 Å². The number of nitrogens with one attached hydrogen (secondary N) is 1. The molecule has 4 rings (SSSR count). The van der Waals surface area contributed by atoms with Gasteiger partial charge in [-0.1, -0.05) is 61.4 Å². The molecule has 0 amide bonds. The smallest absolute Gasteiger partial charge is 0.336 e. The van der Waals surface area contributed by atoms with E-state index in [0.717, 1.165) is 22.9 Å². The van der Waals surface area contributed by atoms with Gasteiger partial charge in [0.15, 0.2) is 0 Å². The van der Waals surface area contributed by atoms with Crippen molar-refractivity contribution in [3.63, 3.8) is 0 Å². The quantitative estimate of drug-likeness (QED) is 0.206. The molecule has 7 nitrogen and oxygen atoms in total. The summed E-state index contributed by atoms with van der Waals surface area (Å²) < 4.78 is 39.8. The number of sulfonamides is 1. The second kappa shape index (κ2) is 10.5. The lowest BCUT2D eigenvalue weighted by molar-refractivity contribution is -0.136. The minimum absolute atomic E-state index is 0.0361. The fourth-order valence-electron chi connectivity index (χ4n) is 4.00. The van der Waals surface area contributed by atoms with Crippen molar-refractivity contribution in [3.8, 4) is 5.75 Å². The molecule has 0 bridgehead atoms. The molecule has 0 radical (unpaired) electrons. The van der Waals surface area contributed by atoms with Gasteiger partial charge in [0.25, 0.3) is 0 Å². The molecule has 0 spiro atoms. The molecule has 0 saturated heterocycles. The Morgan fingerprint density at radius 1 is 1.00 bits per heavy atom. The highest BCUT2D eigenvalue weighted by Gasteiger charge is 2.29. The van der Waals surface area contributed by atoms with Crippen molar-refractivity contribution < 1.29 is 22.4 Å². The summed E-state index contributed by atoms with van der Waals surface area (Å²) in [5.74, 6) is -0.633. The molecule has 0 aliphatic rings. The summed E-state index contributed by atoms with van der Waals surface area (Å²) in [6.07, 6.45) is 1.56. The van der Waals surface area contributed by atoms with Crippen molar-refractivity contribution in [1.82, 2.24) is 4.72 Å². The van der Waals surface area contributed by atoms with Crippen LogP contribution >= 0.6 is 0 Å². The zero-order valence-electron chi connectivity index (χ0n) is 20.3. The van der Waals surface area contributed by atoms with Crippen molar-refractivity contribution in [2.45, 2.75) is 44.6 Å². The first-order valence-corrected chi connectivity index (χ1v) is 13.1. The molecule has 1 atom stereocenters. The number of esters is 1. The van der Waals surface area contributed by atoms with E-state index in [1.165, 1.54) is 18.2 Å². The van der Waals surface area contributed by atoms with Crippen LogP contribution in [0.25, 0.3) is 11.0 Å². The van der Waals surface area contributed by atoms with E-state index in [-0.39, 0.29) is 10.6 Å². The second-order valence-electron chi connectivity index (χ2n) is 8.61. The van der Waals surface area contributed by atoms with Crippen LogP contribution in [0.3, 0.4) is 0 Å². The molecule has 1 N–H and O–H groups in total. The first kappa shape index (κ1) is 25.3. The van der Waals surface area contributed by atoms with Crippen molar-refractivity contribution in [1.29, 1.82) is 0 Å². The molecular formula is C28H27NO6S. The van der Waals surface area contributed by atoms with Gasteiger partial charge in [0.05, 0.1) is 4.90 Å². The maximum Gasteiger partial charge on any atom is 0.336 e. The van der Waals surface area contributed by atoms with Crippen LogP contribution in [0.1, 0.15) is 41.6 Å². The lowest BCUT2D eigenvalue weighted by Crippen LogP contribution is -2.36. The van der Waals surface area contributed by atoms with Gasteiger partial charge in [-0.3, -0.25) is 0 Å². The van der Waals surface area contributed by atoms with Gasteiger partial charge in [-0.15, -0.1) is 0 Å². The fraction of sp³-hybridized carbons (Fsp3) is 0.214. The third-order valence-electron chi connectivity index (χ3n) is 5.90. The van der Waals surface area contributed by atoms with Gasteiger partial charge in [0, 0.05) is 17.0 Å². The lowest BCUT2D eigenvalue weighted by Gasteiger charge is -2.19. The van der Waals surface area contributed by atoms with Crippen LogP contribution < -0.4 is 15.1 Å². The lowest BCUT2D eigenvalue weighted by atomic mass is 10.0. The molecule has 0 fully saturated rings. The van der Waals surface area contributed by atoms with Crippen molar-refractivity contribution in [2.75, 3.05) is 0 Å². The number of aryl methyl sites for hydroxylation is 3. The van der Waals surface area contributed by atoms with E-state index in [9.17, 15) is 18.0 Å². The zero-order chi connectivity index (χ0) is 25.9. The van der Waals surface area contributed by atoms with Crippen LogP contribution in [0.2, 0.25) is 0 Å².